The van der Waals surface area contributed by atoms with Gasteiger partial charge in [0, 0.05) is 19.6 Å². The fourth-order valence-electron chi connectivity index (χ4n) is 7.04. The van der Waals surface area contributed by atoms with Crippen molar-refractivity contribution >= 4 is 53.7 Å². The predicted octanol–water partition coefficient (Wildman–Crippen LogP) is 6.06. The van der Waals surface area contributed by atoms with E-state index < -0.39 is 66.7 Å². The minimum Gasteiger partial charge on any atom is -0.497 e. The lowest BCUT2D eigenvalue weighted by atomic mass is 10.0. The molecule has 7 atom stereocenters. The molecule has 3 aromatic carbocycles. The number of alkyl carbamates (subject to hydrolysis) is 1. The third-order valence-corrected chi connectivity index (χ3v) is 13.4. The molecule has 63 heavy (non-hydrogen) atoms. The number of nitrogens with one attached hydrogen (secondary N) is 1. The Morgan fingerprint density at radius 1 is 0.952 bits per heavy atom. The first-order chi connectivity index (χ1) is 29.5. The molecule has 20 heteroatoms. The van der Waals surface area contributed by atoms with Crippen LogP contribution in [0.4, 0.5) is 4.79 Å². The van der Waals surface area contributed by atoms with Crippen molar-refractivity contribution in [1.82, 2.24) is 14.5 Å². The molecule has 2 aliphatic heterocycles. The summed E-state index contributed by atoms with van der Waals surface area (Å²) in [5, 5.41) is 14.6. The van der Waals surface area contributed by atoms with Crippen molar-refractivity contribution in [1.29, 1.82) is 0 Å². The van der Waals surface area contributed by atoms with Crippen LogP contribution in [0.15, 0.2) is 77.7 Å². The second-order valence-corrected chi connectivity index (χ2v) is 19.7. The van der Waals surface area contributed by atoms with Crippen LogP contribution in [0.5, 0.6) is 17.2 Å². The average molecular weight is 1030 g/mol. The van der Waals surface area contributed by atoms with Gasteiger partial charge >= 0.3 is 19.7 Å². The number of rotatable bonds is 23. The third-order valence-electron chi connectivity index (χ3n) is 10.0. The first-order valence-electron chi connectivity index (χ1n) is 20.6. The molecule has 2 aliphatic rings. The molecule has 0 radical (unpaired) electrons. The molecule has 0 spiro atoms. The Balaban J connectivity index is 0.00000871. The minimum atomic E-state index is -4.15. The number of sulfonamides is 1. The van der Waals surface area contributed by atoms with Crippen molar-refractivity contribution in [2.24, 2.45) is 11.8 Å². The number of carbonyl (C=O) groups is 2. The van der Waals surface area contributed by atoms with E-state index in [0.717, 1.165) is 5.56 Å². The fraction of sp³-hybridized carbons (Fsp3) is 0.535. The number of benzene rings is 3. The average Bonchev–Trinajstić information content (AvgIpc) is 3.85. The van der Waals surface area contributed by atoms with E-state index in [4.69, 9.17) is 37.5 Å². The summed E-state index contributed by atoms with van der Waals surface area (Å²) in [5.41, 5.74) is 1.53. The number of carbonyl (C=O) groups excluding carboxylic acids is 2. The number of hydrogen-bond donors (Lipinski definition) is 2. The zero-order valence-electron chi connectivity index (χ0n) is 36.7. The number of ether oxygens (including phenoxy) is 6. The van der Waals surface area contributed by atoms with E-state index in [1.807, 2.05) is 38.9 Å². The first kappa shape index (κ1) is 52.1. The maximum atomic E-state index is 14.2. The van der Waals surface area contributed by atoms with E-state index in [1.165, 1.54) is 30.5 Å². The maximum absolute atomic E-state index is 14.2. The van der Waals surface area contributed by atoms with Crippen molar-refractivity contribution in [3.63, 3.8) is 0 Å². The highest BCUT2D eigenvalue weighted by Gasteiger charge is 2.44. The zero-order valence-corrected chi connectivity index (χ0v) is 40.8. The van der Waals surface area contributed by atoms with E-state index in [9.17, 15) is 27.7 Å². The summed E-state index contributed by atoms with van der Waals surface area (Å²) < 4.78 is 88.1. The summed E-state index contributed by atoms with van der Waals surface area (Å²) in [4.78, 5) is 27.9. The van der Waals surface area contributed by atoms with Crippen LogP contribution in [-0.2, 0) is 55.8 Å². The van der Waals surface area contributed by atoms with Crippen LogP contribution in [0.3, 0.4) is 0 Å². The van der Waals surface area contributed by atoms with Crippen LogP contribution >= 0.6 is 31.6 Å². The highest BCUT2D eigenvalue weighted by Crippen LogP contribution is 2.50. The Labute approximate surface area is 387 Å². The lowest BCUT2D eigenvalue weighted by Crippen LogP contribution is -2.51. The predicted molar refractivity (Wildman–Crippen MR) is 244 cm³/mol. The summed E-state index contributed by atoms with van der Waals surface area (Å²) >= 11 is 0. The van der Waals surface area contributed by atoms with Crippen molar-refractivity contribution in [3.8, 4) is 17.2 Å². The molecular weight excluding hydrogens is 972 g/mol. The van der Waals surface area contributed by atoms with Crippen molar-refractivity contribution in [2.45, 2.75) is 82.6 Å². The standard InChI is InChI=1S/C43H60N3O14PS.HI/c1-8-54-41(48)30(4)59-61(50,60-35-11-9-10-32(22-35)25-45(5)6)28-57-34-14-12-31(13-15-34)23-38(44-43(49)58-40-27-56-42-37(40)20-21-55-42)39(47)26-46(24-29(2)3)62(51,52)36-18-16-33(53-7)17-19-36;/h9-19,22,29-30,37-40,42,47H,8,20-21,23-28H2,1-7H3,(H,44,49);1H/t30?,37-,38-,39+,40-,42?,61?;/m0./s1. The van der Waals surface area contributed by atoms with Crippen molar-refractivity contribution in [3.05, 3.63) is 83.9 Å². The normalized spacial score (nSPS) is 19.6. The SMILES string of the molecule is CCOC(=O)C(C)OP(=O)(COc1ccc(C[C@H](NC(=O)O[C@H]2COC3OCC[C@H]32)[C@H](O)CN(CC(C)C)S(=O)(=O)c2ccc(OC)cc2)cc1)Oc1cccc(CN(C)C)c1.I. The van der Waals surface area contributed by atoms with Gasteiger partial charge in [-0.2, -0.15) is 4.31 Å². The number of halogens is 1. The lowest BCUT2D eigenvalue weighted by molar-refractivity contribution is -0.150. The Bertz CT molecular complexity index is 2080. The summed E-state index contributed by atoms with van der Waals surface area (Å²) in [7, 11) is -2.92. The number of methoxy groups -OCH3 is 1. The molecular formula is C43H61IN3O14PS. The van der Waals surface area contributed by atoms with Crippen LogP contribution in [0, 0.1) is 11.8 Å². The summed E-state index contributed by atoms with van der Waals surface area (Å²) in [6.07, 6.45) is -4.28. The van der Waals surface area contributed by atoms with Gasteiger partial charge in [0.05, 0.1) is 49.9 Å². The largest absolute Gasteiger partial charge is 0.497 e. The highest BCUT2D eigenvalue weighted by molar-refractivity contribution is 14.0. The summed E-state index contributed by atoms with van der Waals surface area (Å²) in [6.45, 7) is 7.89. The van der Waals surface area contributed by atoms with E-state index in [-0.39, 0.29) is 84.9 Å². The van der Waals surface area contributed by atoms with Gasteiger partial charge in [-0.25, -0.2) is 22.6 Å². The number of esters is 1. The monoisotopic (exact) mass is 1030 g/mol. The molecule has 0 aromatic heterocycles. The van der Waals surface area contributed by atoms with Gasteiger partial charge in [-0.3, -0.25) is 4.52 Å². The molecule has 2 fully saturated rings. The molecule has 1 amide bonds. The lowest BCUT2D eigenvalue weighted by Gasteiger charge is -2.31. The fourth-order valence-corrected chi connectivity index (χ4v) is 10.1. The van der Waals surface area contributed by atoms with Crippen LogP contribution in [0.25, 0.3) is 0 Å². The van der Waals surface area contributed by atoms with E-state index in [0.29, 0.717) is 30.9 Å². The molecule has 17 nitrogen and oxygen atoms in total. The molecule has 2 saturated heterocycles. The smallest absolute Gasteiger partial charge is 0.417 e. The third kappa shape index (κ3) is 15.3. The van der Waals surface area contributed by atoms with Gasteiger partial charge in [-0.15, -0.1) is 24.0 Å². The Kier molecular flexibility index (Phi) is 19.9. The molecule has 0 bridgehead atoms. The van der Waals surface area contributed by atoms with Gasteiger partial charge in [-0.1, -0.05) is 38.1 Å². The number of amides is 1. The molecule has 350 valence electrons. The molecule has 2 heterocycles. The van der Waals surface area contributed by atoms with E-state index >= 15 is 0 Å². The van der Waals surface area contributed by atoms with Gasteiger partial charge in [0.2, 0.25) is 16.4 Å². The summed E-state index contributed by atoms with van der Waals surface area (Å²) in [5.74, 6) is 0.0899. The van der Waals surface area contributed by atoms with Crippen LogP contribution in [0.1, 0.15) is 45.2 Å². The van der Waals surface area contributed by atoms with Gasteiger partial charge in [-0.05, 0) is 106 Å². The Morgan fingerprint density at radius 3 is 2.30 bits per heavy atom. The zero-order chi connectivity index (χ0) is 45.0. The highest BCUT2D eigenvalue weighted by atomic mass is 127. The van der Waals surface area contributed by atoms with Gasteiger partial charge < -0.3 is 48.3 Å². The van der Waals surface area contributed by atoms with Gasteiger partial charge in [0.15, 0.2) is 12.4 Å². The number of nitrogens with zero attached hydrogens (tertiary/aromatic N) is 2. The van der Waals surface area contributed by atoms with Crippen LogP contribution in [0.2, 0.25) is 0 Å². The number of aliphatic hydroxyl groups is 1. The second kappa shape index (κ2) is 24.1. The van der Waals surface area contributed by atoms with Gasteiger partial charge in [0.1, 0.15) is 23.4 Å². The molecule has 3 aromatic rings. The molecule has 3 unspecified atom stereocenters. The van der Waals surface area contributed by atoms with E-state index in [1.54, 1.807) is 61.5 Å². The number of aliphatic hydroxyl groups excluding tert-OH is 1. The minimum absolute atomic E-state index is 0. The van der Waals surface area contributed by atoms with Crippen LogP contribution < -0.4 is 19.3 Å². The van der Waals surface area contributed by atoms with Gasteiger partial charge in [0.25, 0.3) is 0 Å². The van der Waals surface area contributed by atoms with Crippen molar-refractivity contribution in [2.75, 3.05) is 60.5 Å². The Morgan fingerprint density at radius 2 is 1.65 bits per heavy atom. The summed E-state index contributed by atoms with van der Waals surface area (Å²) in [6, 6.07) is 18.5. The maximum Gasteiger partial charge on any atom is 0.417 e. The topological polar surface area (TPSA) is 198 Å². The second-order valence-electron chi connectivity index (χ2n) is 15.9. The number of hydrogen-bond acceptors (Lipinski definition) is 15. The molecule has 0 aliphatic carbocycles. The number of fused-ring (bicyclic) bond motifs is 1. The first-order valence-corrected chi connectivity index (χ1v) is 23.8. The van der Waals surface area contributed by atoms with Crippen molar-refractivity contribution < 1.29 is 65.1 Å². The van der Waals surface area contributed by atoms with Crippen LogP contribution in [-0.4, -0.2) is 126 Å². The molecule has 0 saturated carbocycles. The molecule has 2 N–H and O–H groups in total. The van der Waals surface area contributed by atoms with E-state index in [2.05, 4.69) is 5.32 Å². The Hall–Kier alpha value is -3.53. The quantitative estimate of drug-likeness (QED) is 0.0631. The molecule has 5 rings (SSSR count).